The largest absolute Gasteiger partial charge is 0.499 e. The minimum atomic E-state index is 0. The number of likely N-dealkylation sites (N-methyl/N-ethyl adjacent to an activating group) is 1. The Bertz CT molecular complexity index is 479. The molecule has 0 saturated heterocycles. The average molecular weight is 708 g/mol. The van der Waals surface area contributed by atoms with Gasteiger partial charge in [-0.15, -0.1) is 12.5 Å². The van der Waals surface area contributed by atoms with Crippen molar-refractivity contribution in [1.29, 1.82) is 0 Å². The molecule has 0 aromatic rings. The molecule has 0 unspecified atom stereocenters. The van der Waals surface area contributed by atoms with E-state index in [1.807, 2.05) is 72.9 Å². The number of nitrogens with zero attached hydrogens (tertiary/aromatic N) is 4. The van der Waals surface area contributed by atoms with E-state index in [1.165, 1.54) is 0 Å². The van der Waals surface area contributed by atoms with Crippen LogP contribution in [0, 0.1) is 50.3 Å². The van der Waals surface area contributed by atoms with Gasteiger partial charge in [0.25, 0.3) is 6.20 Å². The summed E-state index contributed by atoms with van der Waals surface area (Å²) in [7, 11) is 7.87. The van der Waals surface area contributed by atoms with Gasteiger partial charge in [0, 0.05) is 157 Å². The number of hydrogen-bond donors (Lipinski definition) is 0. The Balaban J connectivity index is -0.000000144. The first-order valence-electron chi connectivity index (χ1n) is 8.48. The predicted octanol–water partition coefficient (Wildman–Crippen LogP) is 2.93. The van der Waals surface area contributed by atoms with Crippen molar-refractivity contribution in [3.05, 3.63) is 81.2 Å². The molecule has 0 spiro atoms. The second-order valence-corrected chi connectivity index (χ2v) is 5.69. The molecule has 0 fully saturated rings. The zero-order valence-electron chi connectivity index (χ0n) is 18.5. The van der Waals surface area contributed by atoms with E-state index in [4.69, 9.17) is 4.74 Å². The molecular weight excluding hydrogens is 680 g/mol. The monoisotopic (exact) mass is 708 g/mol. The second-order valence-electron chi connectivity index (χ2n) is 5.69. The van der Waals surface area contributed by atoms with E-state index in [-0.39, 0.29) is 131 Å². The van der Waals surface area contributed by atoms with Crippen LogP contribution in [0.15, 0.2) is 30.9 Å². The fourth-order valence-corrected chi connectivity index (χ4v) is 1.76. The molecule has 0 aromatic heterocycles. The predicted molar refractivity (Wildman–Crippen MR) is 103 cm³/mol. The maximum Gasteiger partial charge on any atom is 0.499 e. The maximum atomic E-state index is 4.74. The summed E-state index contributed by atoms with van der Waals surface area (Å²) in [5.41, 5.74) is 0. The topological polar surface area (TPSA) is 22.2 Å². The van der Waals surface area contributed by atoms with Crippen molar-refractivity contribution in [3.8, 4) is 0 Å². The quantitative estimate of drug-likeness (QED) is 0.361. The van der Waals surface area contributed by atoms with Gasteiger partial charge in [0.1, 0.15) is 6.42 Å². The number of rotatable bonds is 0. The molecule has 0 atom stereocenters. The third-order valence-electron chi connectivity index (χ3n) is 3.20. The van der Waals surface area contributed by atoms with Crippen LogP contribution in [0.5, 0.6) is 0 Å². The van der Waals surface area contributed by atoms with E-state index in [1.54, 1.807) is 12.3 Å². The van der Waals surface area contributed by atoms with Crippen LogP contribution in [0.1, 0.15) is 19.3 Å². The summed E-state index contributed by atoms with van der Waals surface area (Å²) in [5.74, 6) is 0. The Labute approximate surface area is 285 Å². The van der Waals surface area contributed by atoms with Gasteiger partial charge in [-0.25, -0.2) is 6.54 Å². The van der Waals surface area contributed by atoms with Crippen molar-refractivity contribution in [1.82, 2.24) is 19.6 Å². The van der Waals surface area contributed by atoms with Crippen molar-refractivity contribution in [3.63, 3.8) is 0 Å². The molecular formula is C21H28N4OY4. The molecule has 30 heavy (non-hydrogen) atoms. The Kier molecular flexibility index (Phi) is 35.1. The molecule has 4 radical (unpaired) electrons. The van der Waals surface area contributed by atoms with E-state index in [0.717, 1.165) is 19.3 Å². The maximum absolute atomic E-state index is 4.74. The Morgan fingerprint density at radius 2 is 1.43 bits per heavy atom. The first kappa shape index (κ1) is 39.0. The van der Waals surface area contributed by atoms with Crippen molar-refractivity contribution in [2.24, 2.45) is 0 Å². The van der Waals surface area contributed by atoms with Gasteiger partial charge in [-0.2, -0.15) is 13.1 Å². The van der Waals surface area contributed by atoms with Gasteiger partial charge in [-0.3, -0.25) is 4.74 Å². The van der Waals surface area contributed by atoms with Gasteiger partial charge in [0.05, 0.1) is 12.6 Å². The summed E-state index contributed by atoms with van der Waals surface area (Å²) in [5, 5.41) is 0. The van der Waals surface area contributed by atoms with Crippen molar-refractivity contribution in [2.75, 3.05) is 34.8 Å². The molecule has 0 N–H and O–H groups in total. The van der Waals surface area contributed by atoms with E-state index >= 15 is 0 Å². The first-order chi connectivity index (χ1) is 12.6. The molecule has 0 amide bonds. The van der Waals surface area contributed by atoms with Crippen LogP contribution in [0.2, 0.25) is 0 Å². The van der Waals surface area contributed by atoms with Gasteiger partial charge in [0.2, 0.25) is 24.6 Å². The Morgan fingerprint density at radius 3 is 1.63 bits per heavy atom. The van der Waals surface area contributed by atoms with Crippen LogP contribution in [0.25, 0.3) is 0 Å². The van der Waals surface area contributed by atoms with Crippen LogP contribution in [-0.4, -0.2) is 54.4 Å². The van der Waals surface area contributed by atoms with E-state index in [2.05, 4.69) is 43.8 Å². The van der Waals surface area contributed by atoms with Crippen molar-refractivity contribution in [2.45, 2.75) is 19.3 Å². The Morgan fingerprint density at radius 1 is 0.800 bits per heavy atom. The summed E-state index contributed by atoms with van der Waals surface area (Å²) in [6.45, 7) is 6.79. The van der Waals surface area contributed by atoms with Gasteiger partial charge in [0.15, 0.2) is 0 Å². The molecule has 4 aliphatic heterocycles. The number of ether oxygens (including phenoxy) is 1. The third-order valence-corrected chi connectivity index (χ3v) is 3.20. The molecule has 9 heteroatoms. The fraction of sp³-hybridized carbons (Fsp3) is 0.381. The summed E-state index contributed by atoms with van der Waals surface area (Å²) in [6.07, 6.45) is 26.8. The van der Waals surface area contributed by atoms with Gasteiger partial charge < -0.3 is 19.6 Å². The summed E-state index contributed by atoms with van der Waals surface area (Å²) in [6, 6.07) is 0. The molecule has 0 bridgehead atoms. The smallest absolute Gasteiger partial charge is 0.487 e. The molecule has 0 aromatic carbocycles. The van der Waals surface area contributed by atoms with E-state index < -0.39 is 0 Å². The van der Waals surface area contributed by atoms with Gasteiger partial charge in [-0.1, -0.05) is 0 Å². The molecule has 4 aliphatic rings. The second kappa shape index (κ2) is 27.0. The molecule has 4 heterocycles. The van der Waals surface area contributed by atoms with Crippen LogP contribution in [-0.2, 0) is 136 Å². The molecule has 0 saturated carbocycles. The van der Waals surface area contributed by atoms with Crippen LogP contribution >= 0.6 is 0 Å². The van der Waals surface area contributed by atoms with Gasteiger partial charge in [-0.05, 0) is 21.1 Å². The number of hydrogen-bond acceptors (Lipinski definition) is 5. The molecule has 150 valence electrons. The summed E-state index contributed by atoms with van der Waals surface area (Å²) in [4.78, 5) is 7.76. The summed E-state index contributed by atoms with van der Waals surface area (Å²) < 4.78 is 4.74. The van der Waals surface area contributed by atoms with Crippen molar-refractivity contribution >= 4 is 0 Å². The summed E-state index contributed by atoms with van der Waals surface area (Å²) >= 11 is 0. The number of allylic oxidation sites excluding steroid dienone is 3. The third kappa shape index (κ3) is 24.4. The van der Waals surface area contributed by atoms with Crippen LogP contribution < -0.4 is 0 Å². The van der Waals surface area contributed by atoms with E-state index in [0.29, 0.717) is 6.61 Å². The standard InChI is InChI=1S/C6H9N.C5H7NO.C5H7N.C5H5N.4Y/c1-7-5-3-2-4-6-7;1-6-2-4-7-5-3-6;2*1-6-4-2-3-5-6;;;;/h5-6H,2-3H2,1H3;2-3H,4H2,1H3;4-5H,2H2,1H3;2,5H,1H3;;;;. The van der Waals surface area contributed by atoms with Crippen LogP contribution in [0.4, 0.5) is 0 Å². The van der Waals surface area contributed by atoms with Crippen LogP contribution in [0.3, 0.4) is 0 Å². The van der Waals surface area contributed by atoms with Crippen molar-refractivity contribution < 1.29 is 136 Å². The minimum absolute atomic E-state index is 0. The SMILES string of the molecule is CN1C=[C+]CC[CH-]1.CN1C=[C+]C[CH-]1.CN1C=[C+]OC[CH-]1.CN1[C-]=C[C+]=C1.[Y].[Y].[Y].[Y]. The first-order valence-corrected chi connectivity index (χ1v) is 8.48. The van der Waals surface area contributed by atoms with Gasteiger partial charge >= 0.3 is 6.26 Å². The Hall–Kier alpha value is 1.76. The zero-order valence-corrected chi connectivity index (χ0v) is 29.8. The fourth-order valence-electron chi connectivity index (χ4n) is 1.76. The average Bonchev–Trinajstić information content (AvgIpc) is 3.31. The zero-order chi connectivity index (χ0) is 19.0. The van der Waals surface area contributed by atoms with E-state index in [9.17, 15) is 0 Å². The molecule has 5 nitrogen and oxygen atoms in total. The normalized spacial score (nSPS) is 15.6. The molecule has 4 rings (SSSR count). The molecule has 0 aliphatic carbocycles. The minimum Gasteiger partial charge on any atom is -0.487 e.